The number of para-hydroxylation sites is 1. The second-order valence-corrected chi connectivity index (χ2v) is 9.54. The first kappa shape index (κ1) is 21.2. The van der Waals surface area contributed by atoms with E-state index in [1.807, 2.05) is 65.5 Å². The maximum absolute atomic E-state index is 13.1. The summed E-state index contributed by atoms with van der Waals surface area (Å²) in [7, 11) is -4.60. The Bertz CT molecular complexity index is 1100. The van der Waals surface area contributed by atoms with Crippen LogP contribution in [0.1, 0.15) is 18.4 Å². The van der Waals surface area contributed by atoms with E-state index in [1.165, 1.54) is 0 Å². The number of hydrogen-bond acceptors (Lipinski definition) is 4. The minimum atomic E-state index is -4.60. The van der Waals surface area contributed by atoms with Gasteiger partial charge in [0.25, 0.3) is 0 Å². The lowest BCUT2D eigenvalue weighted by molar-refractivity contribution is 0.279. The molecule has 0 amide bonds. The van der Waals surface area contributed by atoms with Crippen molar-refractivity contribution in [2.45, 2.75) is 25.4 Å². The number of halogens is 2. The second kappa shape index (κ2) is 8.97. The van der Waals surface area contributed by atoms with Gasteiger partial charge in [-0.3, -0.25) is 0 Å². The largest absolute Gasteiger partial charge is 0.374 e. The monoisotopic (exact) mass is 492 g/mol. The molecule has 1 aliphatic heterocycles. The van der Waals surface area contributed by atoms with E-state index in [2.05, 4.69) is 21.2 Å². The lowest BCUT2D eigenvalue weighted by Crippen LogP contribution is -2.43. The molecule has 1 saturated heterocycles. The van der Waals surface area contributed by atoms with Gasteiger partial charge in [0.2, 0.25) is 0 Å². The highest BCUT2D eigenvalue weighted by atomic mass is 79.9. The smallest absolute Gasteiger partial charge is 0.310 e. The Morgan fingerprint density at radius 2 is 1.73 bits per heavy atom. The third-order valence-corrected chi connectivity index (χ3v) is 6.78. The van der Waals surface area contributed by atoms with Gasteiger partial charge in [0.05, 0.1) is 11.4 Å². The number of benzene rings is 2. The molecule has 2 aromatic carbocycles. The summed E-state index contributed by atoms with van der Waals surface area (Å²) in [6, 6.07) is 18.1. The molecule has 1 fully saturated rings. The van der Waals surface area contributed by atoms with Gasteiger partial charge < -0.3 is 5.32 Å². The van der Waals surface area contributed by atoms with E-state index in [9.17, 15) is 12.3 Å². The third-order valence-electron chi connectivity index (χ3n) is 5.27. The van der Waals surface area contributed by atoms with Gasteiger partial charge in [-0.15, -0.1) is 0 Å². The number of aromatic nitrogens is 2. The van der Waals surface area contributed by atoms with Crippen molar-refractivity contribution in [3.8, 4) is 16.9 Å². The molecule has 0 spiro atoms. The highest BCUT2D eigenvalue weighted by Crippen LogP contribution is 2.26. The van der Waals surface area contributed by atoms with Gasteiger partial charge in [-0.2, -0.15) is 17.8 Å². The van der Waals surface area contributed by atoms with Crippen LogP contribution in [0.3, 0.4) is 0 Å². The Kier molecular flexibility index (Phi) is 6.33. The molecular formula is C21H22BrFN4O2S. The molecule has 3 aromatic rings. The Hall–Kier alpha value is -2.07. The van der Waals surface area contributed by atoms with Crippen molar-refractivity contribution in [3.63, 3.8) is 0 Å². The molecule has 4 rings (SSSR count). The van der Waals surface area contributed by atoms with Crippen molar-refractivity contribution >= 4 is 26.3 Å². The lowest BCUT2D eigenvalue weighted by Gasteiger charge is -2.29. The van der Waals surface area contributed by atoms with Crippen LogP contribution >= 0.6 is 15.9 Å². The minimum Gasteiger partial charge on any atom is -0.310 e. The molecule has 0 aliphatic carbocycles. The number of nitrogens with zero attached hydrogens (tertiary/aromatic N) is 3. The SMILES string of the molecule is O=S(=O)(F)N1CCC(NCc2cn(-c3ccccc3)nc2-c2ccc(Br)cc2)CC1. The Morgan fingerprint density at radius 1 is 1.07 bits per heavy atom. The zero-order valence-corrected chi connectivity index (χ0v) is 18.6. The zero-order valence-electron chi connectivity index (χ0n) is 16.2. The summed E-state index contributed by atoms with van der Waals surface area (Å²) in [4.78, 5) is 0. The molecule has 30 heavy (non-hydrogen) atoms. The molecule has 0 radical (unpaired) electrons. The molecule has 0 atom stereocenters. The van der Waals surface area contributed by atoms with Crippen LogP contribution in [0.25, 0.3) is 16.9 Å². The maximum atomic E-state index is 13.1. The first-order valence-corrected chi connectivity index (χ1v) is 11.9. The van der Waals surface area contributed by atoms with E-state index in [-0.39, 0.29) is 19.1 Å². The molecule has 6 nitrogen and oxygen atoms in total. The van der Waals surface area contributed by atoms with Gasteiger partial charge in [-0.05, 0) is 37.1 Å². The van der Waals surface area contributed by atoms with Gasteiger partial charge in [-0.1, -0.05) is 50.1 Å². The first-order chi connectivity index (χ1) is 14.4. The molecule has 2 heterocycles. The van der Waals surface area contributed by atoms with Crippen molar-refractivity contribution in [2.24, 2.45) is 0 Å². The average molecular weight is 493 g/mol. The maximum Gasteiger partial charge on any atom is 0.374 e. The summed E-state index contributed by atoms with van der Waals surface area (Å²) in [6.45, 7) is 0.976. The van der Waals surface area contributed by atoms with Gasteiger partial charge in [0.1, 0.15) is 0 Å². The molecule has 0 bridgehead atoms. The molecule has 158 valence electrons. The van der Waals surface area contributed by atoms with Gasteiger partial charge in [-0.25, -0.2) is 4.68 Å². The third kappa shape index (κ3) is 4.97. The summed E-state index contributed by atoms with van der Waals surface area (Å²) < 4.78 is 39.0. The van der Waals surface area contributed by atoms with Crippen LogP contribution in [0.2, 0.25) is 0 Å². The Labute approximate surface area is 184 Å². The summed E-state index contributed by atoms with van der Waals surface area (Å²) in [5, 5.41) is 8.30. The van der Waals surface area contributed by atoms with Crippen molar-refractivity contribution in [1.82, 2.24) is 19.4 Å². The van der Waals surface area contributed by atoms with E-state index in [1.54, 1.807) is 0 Å². The van der Waals surface area contributed by atoms with Crippen molar-refractivity contribution in [2.75, 3.05) is 13.1 Å². The van der Waals surface area contributed by atoms with Crippen molar-refractivity contribution in [1.29, 1.82) is 0 Å². The summed E-state index contributed by atoms with van der Waals surface area (Å²) in [5.74, 6) is 0. The standard InChI is InChI=1S/C21H22BrFN4O2S/c22-18-8-6-16(7-9-18)21-17(15-27(25-21)20-4-2-1-3-5-20)14-24-19-10-12-26(13-11-19)30(23,28)29/h1-9,15,19,24H,10-14H2. The molecule has 9 heteroatoms. The van der Waals surface area contributed by atoms with Crippen LogP contribution in [0, 0.1) is 0 Å². The number of hydrogen-bond donors (Lipinski definition) is 1. The minimum absolute atomic E-state index is 0.126. The van der Waals surface area contributed by atoms with Crippen LogP contribution in [0.5, 0.6) is 0 Å². The second-order valence-electron chi connectivity index (χ2n) is 7.29. The normalized spacial score (nSPS) is 16.1. The quantitative estimate of drug-likeness (QED) is 0.526. The van der Waals surface area contributed by atoms with E-state index < -0.39 is 10.4 Å². The summed E-state index contributed by atoms with van der Waals surface area (Å²) >= 11 is 3.47. The Morgan fingerprint density at radius 3 is 2.37 bits per heavy atom. The fourth-order valence-electron chi connectivity index (χ4n) is 3.64. The number of rotatable bonds is 6. The molecular weight excluding hydrogens is 471 g/mol. The summed E-state index contributed by atoms with van der Waals surface area (Å²) in [6.07, 6.45) is 3.16. The number of nitrogens with one attached hydrogen (secondary N) is 1. The molecule has 0 saturated carbocycles. The predicted molar refractivity (Wildman–Crippen MR) is 118 cm³/mol. The van der Waals surface area contributed by atoms with Crippen molar-refractivity contribution in [3.05, 3.63) is 70.8 Å². The van der Waals surface area contributed by atoms with E-state index in [0.29, 0.717) is 19.4 Å². The Balaban J connectivity index is 1.53. The highest BCUT2D eigenvalue weighted by molar-refractivity contribution is 9.10. The lowest BCUT2D eigenvalue weighted by atomic mass is 10.1. The molecule has 1 aliphatic rings. The molecule has 1 aromatic heterocycles. The van der Waals surface area contributed by atoms with Gasteiger partial charge in [0, 0.05) is 47.5 Å². The van der Waals surface area contributed by atoms with Gasteiger partial charge >= 0.3 is 10.4 Å². The van der Waals surface area contributed by atoms with Crippen molar-refractivity contribution < 1.29 is 12.3 Å². The van der Waals surface area contributed by atoms with E-state index in [4.69, 9.17) is 5.10 Å². The van der Waals surface area contributed by atoms with E-state index >= 15 is 0 Å². The fraction of sp³-hybridized carbons (Fsp3) is 0.286. The summed E-state index contributed by atoms with van der Waals surface area (Å²) in [5.41, 5.74) is 3.93. The van der Waals surface area contributed by atoms with Gasteiger partial charge in [0.15, 0.2) is 0 Å². The van der Waals surface area contributed by atoms with Crippen LogP contribution in [0.15, 0.2) is 65.3 Å². The van der Waals surface area contributed by atoms with Crippen LogP contribution in [-0.4, -0.2) is 41.6 Å². The molecule has 1 N–H and O–H groups in total. The zero-order chi connectivity index (χ0) is 21.1. The first-order valence-electron chi connectivity index (χ1n) is 9.73. The number of piperidine rings is 1. The predicted octanol–water partition coefficient (Wildman–Crippen LogP) is 4.07. The highest BCUT2D eigenvalue weighted by Gasteiger charge is 2.27. The van der Waals surface area contributed by atoms with Crippen LogP contribution in [0.4, 0.5) is 3.89 Å². The van der Waals surface area contributed by atoms with Crippen LogP contribution < -0.4 is 5.32 Å². The van der Waals surface area contributed by atoms with Crippen LogP contribution in [-0.2, 0) is 17.0 Å². The fourth-order valence-corrected chi connectivity index (χ4v) is 4.55. The van der Waals surface area contributed by atoms with E-state index in [0.717, 1.165) is 31.3 Å². The average Bonchev–Trinajstić information content (AvgIpc) is 3.17. The topological polar surface area (TPSA) is 67.2 Å². The molecule has 0 unspecified atom stereocenters.